The Morgan fingerprint density at radius 1 is 1.17 bits per heavy atom. The van der Waals surface area contributed by atoms with Crippen LogP contribution in [0.4, 0.5) is 0 Å². The minimum Gasteiger partial charge on any atom is -0.507 e. The van der Waals surface area contributed by atoms with Crippen LogP contribution in [0.1, 0.15) is 81.5 Å². The highest BCUT2D eigenvalue weighted by molar-refractivity contribution is 5.70. The van der Waals surface area contributed by atoms with Gasteiger partial charge >= 0.3 is 5.97 Å². The van der Waals surface area contributed by atoms with Crippen LogP contribution in [0.5, 0.6) is 5.75 Å². The zero-order valence-corrected chi connectivity index (χ0v) is 15.9. The molecule has 1 fully saturated rings. The molecule has 0 radical (unpaired) electrons. The number of phenols is 1. The van der Waals surface area contributed by atoms with E-state index in [1.165, 1.54) is 19.3 Å². The number of esters is 1. The lowest BCUT2D eigenvalue weighted by molar-refractivity contribution is -0.150. The minimum atomic E-state index is -0.125. The van der Waals surface area contributed by atoms with Crippen LogP contribution >= 0.6 is 0 Å². The van der Waals surface area contributed by atoms with Crippen LogP contribution in [-0.4, -0.2) is 17.2 Å². The quantitative estimate of drug-likeness (QED) is 0.779. The molecule has 0 aliphatic heterocycles. The van der Waals surface area contributed by atoms with Crippen LogP contribution in [-0.2, 0) is 21.4 Å². The van der Waals surface area contributed by atoms with Gasteiger partial charge < -0.3 is 9.84 Å². The molecule has 134 valence electrons. The van der Waals surface area contributed by atoms with Gasteiger partial charge in [0, 0.05) is 6.42 Å². The first kappa shape index (κ1) is 18.8. The van der Waals surface area contributed by atoms with Gasteiger partial charge in [-0.15, -0.1) is 0 Å². The van der Waals surface area contributed by atoms with Gasteiger partial charge in [-0.1, -0.05) is 33.3 Å². The van der Waals surface area contributed by atoms with Crippen molar-refractivity contribution in [3.05, 3.63) is 28.3 Å². The van der Waals surface area contributed by atoms with Crippen molar-refractivity contribution in [3.8, 4) is 5.75 Å². The Balaban J connectivity index is 2.06. The smallest absolute Gasteiger partial charge is 0.306 e. The number of hydrogen-bond donors (Lipinski definition) is 1. The fourth-order valence-electron chi connectivity index (χ4n) is 3.47. The van der Waals surface area contributed by atoms with Gasteiger partial charge in [0.15, 0.2) is 0 Å². The van der Waals surface area contributed by atoms with Crippen LogP contribution in [0.3, 0.4) is 0 Å². The summed E-state index contributed by atoms with van der Waals surface area (Å²) in [6.07, 6.45) is 6.82. The summed E-state index contributed by atoms with van der Waals surface area (Å²) in [5.41, 5.74) is 3.95. The Morgan fingerprint density at radius 2 is 1.79 bits per heavy atom. The molecule has 0 spiro atoms. The van der Waals surface area contributed by atoms with Crippen LogP contribution in [0.15, 0.2) is 6.07 Å². The van der Waals surface area contributed by atoms with Crippen LogP contribution in [0.25, 0.3) is 0 Å². The molecule has 0 aromatic heterocycles. The van der Waals surface area contributed by atoms with Crippen molar-refractivity contribution in [2.45, 2.75) is 91.1 Å². The van der Waals surface area contributed by atoms with E-state index in [0.29, 0.717) is 18.6 Å². The fraction of sp³-hybridized carbons (Fsp3) is 0.667. The lowest BCUT2D eigenvalue weighted by atomic mass is 9.82. The van der Waals surface area contributed by atoms with Gasteiger partial charge in [-0.3, -0.25) is 4.79 Å². The number of hydrogen-bond acceptors (Lipinski definition) is 3. The van der Waals surface area contributed by atoms with E-state index in [2.05, 4.69) is 26.8 Å². The molecule has 3 nitrogen and oxygen atoms in total. The Kier molecular flexibility index (Phi) is 5.95. The van der Waals surface area contributed by atoms with Crippen molar-refractivity contribution in [2.24, 2.45) is 0 Å². The third-order valence-corrected chi connectivity index (χ3v) is 5.23. The SMILES string of the molecule is Cc1c(CCC(=O)OC2CCCCC2)cc(C(C)(C)C)c(O)c1C. The minimum absolute atomic E-state index is 0.0932. The predicted molar refractivity (Wildman–Crippen MR) is 97.6 cm³/mol. The lowest BCUT2D eigenvalue weighted by Crippen LogP contribution is -2.21. The van der Waals surface area contributed by atoms with Gasteiger partial charge in [-0.05, 0) is 73.6 Å². The normalized spacial score (nSPS) is 16.2. The highest BCUT2D eigenvalue weighted by atomic mass is 16.5. The predicted octanol–water partition coefficient (Wildman–Crippen LogP) is 5.12. The van der Waals surface area contributed by atoms with E-state index >= 15 is 0 Å². The first-order chi connectivity index (χ1) is 11.2. The second kappa shape index (κ2) is 7.58. The number of aryl methyl sites for hydroxylation is 1. The van der Waals surface area contributed by atoms with E-state index in [9.17, 15) is 9.90 Å². The van der Waals surface area contributed by atoms with Crippen LogP contribution < -0.4 is 0 Å². The van der Waals surface area contributed by atoms with E-state index < -0.39 is 0 Å². The topological polar surface area (TPSA) is 46.5 Å². The summed E-state index contributed by atoms with van der Waals surface area (Å²) < 4.78 is 5.62. The maximum Gasteiger partial charge on any atom is 0.306 e. The molecule has 1 saturated carbocycles. The summed E-state index contributed by atoms with van der Waals surface area (Å²) in [5, 5.41) is 10.4. The molecule has 0 unspecified atom stereocenters. The summed E-state index contributed by atoms with van der Waals surface area (Å²) >= 11 is 0. The molecular weight excluding hydrogens is 300 g/mol. The zero-order chi connectivity index (χ0) is 17.9. The molecule has 0 heterocycles. The molecule has 1 aliphatic carbocycles. The molecule has 0 bridgehead atoms. The molecule has 2 rings (SSSR count). The number of carbonyl (C=O) groups is 1. The maximum atomic E-state index is 12.2. The van der Waals surface area contributed by atoms with Gasteiger partial charge in [0.05, 0.1) is 0 Å². The number of benzene rings is 1. The van der Waals surface area contributed by atoms with Gasteiger partial charge in [0.2, 0.25) is 0 Å². The van der Waals surface area contributed by atoms with E-state index in [1.54, 1.807) is 0 Å². The maximum absolute atomic E-state index is 12.2. The van der Waals surface area contributed by atoms with Crippen molar-refractivity contribution in [1.29, 1.82) is 0 Å². The van der Waals surface area contributed by atoms with Crippen molar-refractivity contribution >= 4 is 5.97 Å². The number of carbonyl (C=O) groups excluding carboxylic acids is 1. The van der Waals surface area contributed by atoms with E-state index in [0.717, 1.165) is 35.1 Å². The number of ether oxygens (including phenoxy) is 1. The standard InChI is InChI=1S/C21H32O3/c1-14-15(2)20(23)18(21(3,4)5)13-16(14)11-12-19(22)24-17-9-7-6-8-10-17/h13,17,23H,6-12H2,1-5H3. The van der Waals surface area contributed by atoms with Crippen molar-refractivity contribution < 1.29 is 14.6 Å². The van der Waals surface area contributed by atoms with Crippen LogP contribution in [0, 0.1) is 13.8 Å². The van der Waals surface area contributed by atoms with Crippen molar-refractivity contribution in [3.63, 3.8) is 0 Å². The van der Waals surface area contributed by atoms with Crippen molar-refractivity contribution in [2.75, 3.05) is 0 Å². The second-order valence-corrected chi connectivity index (χ2v) is 8.18. The Labute approximate surface area is 146 Å². The van der Waals surface area contributed by atoms with Gasteiger partial charge in [-0.2, -0.15) is 0 Å². The Bertz CT molecular complexity index is 590. The molecule has 1 aliphatic rings. The number of phenolic OH excluding ortho intramolecular Hbond substituents is 1. The average molecular weight is 332 g/mol. The number of aromatic hydroxyl groups is 1. The highest BCUT2D eigenvalue weighted by Crippen LogP contribution is 2.36. The Morgan fingerprint density at radius 3 is 2.38 bits per heavy atom. The van der Waals surface area contributed by atoms with E-state index in [-0.39, 0.29) is 17.5 Å². The lowest BCUT2D eigenvalue weighted by Gasteiger charge is -2.24. The third-order valence-electron chi connectivity index (χ3n) is 5.23. The molecule has 0 amide bonds. The molecule has 1 N–H and O–H groups in total. The number of rotatable bonds is 4. The summed E-state index contributed by atoms with van der Waals surface area (Å²) in [7, 11) is 0. The van der Waals surface area contributed by atoms with E-state index in [1.807, 2.05) is 13.8 Å². The molecule has 1 aromatic carbocycles. The van der Waals surface area contributed by atoms with Gasteiger partial charge in [-0.25, -0.2) is 0 Å². The first-order valence-corrected chi connectivity index (χ1v) is 9.22. The third kappa shape index (κ3) is 4.52. The monoisotopic (exact) mass is 332 g/mol. The summed E-state index contributed by atoms with van der Waals surface area (Å²) in [5.74, 6) is 0.290. The van der Waals surface area contributed by atoms with Crippen LogP contribution in [0.2, 0.25) is 0 Å². The summed E-state index contributed by atoms with van der Waals surface area (Å²) in [6, 6.07) is 2.06. The molecule has 24 heavy (non-hydrogen) atoms. The summed E-state index contributed by atoms with van der Waals surface area (Å²) in [4.78, 5) is 12.2. The zero-order valence-electron chi connectivity index (χ0n) is 15.9. The molecule has 1 aromatic rings. The van der Waals surface area contributed by atoms with Gasteiger partial charge in [0.25, 0.3) is 0 Å². The average Bonchev–Trinajstić information content (AvgIpc) is 2.51. The fourth-order valence-corrected chi connectivity index (χ4v) is 3.47. The van der Waals surface area contributed by atoms with Crippen molar-refractivity contribution in [1.82, 2.24) is 0 Å². The van der Waals surface area contributed by atoms with E-state index in [4.69, 9.17) is 4.74 Å². The molecule has 0 saturated heterocycles. The Hall–Kier alpha value is -1.51. The first-order valence-electron chi connectivity index (χ1n) is 9.22. The molecule has 0 atom stereocenters. The molecular formula is C21H32O3. The largest absolute Gasteiger partial charge is 0.507 e. The highest BCUT2D eigenvalue weighted by Gasteiger charge is 2.23. The summed E-state index contributed by atoms with van der Waals surface area (Å²) in [6.45, 7) is 10.3. The second-order valence-electron chi connectivity index (χ2n) is 8.18. The molecule has 3 heteroatoms. The van der Waals surface area contributed by atoms with Gasteiger partial charge in [0.1, 0.15) is 11.9 Å².